The van der Waals surface area contributed by atoms with E-state index in [0.29, 0.717) is 30.2 Å². The van der Waals surface area contributed by atoms with Gasteiger partial charge in [-0.25, -0.2) is 0 Å². The average Bonchev–Trinajstić information content (AvgIpc) is 2.41. The van der Waals surface area contributed by atoms with Crippen LogP contribution in [-0.2, 0) is 4.79 Å². The quantitative estimate of drug-likeness (QED) is 0.793. The summed E-state index contributed by atoms with van der Waals surface area (Å²) >= 11 is 0. The van der Waals surface area contributed by atoms with Gasteiger partial charge in [-0.1, -0.05) is 13.3 Å². The Morgan fingerprint density at radius 1 is 1.37 bits per heavy atom. The molecule has 1 rings (SSSR count). The molecule has 1 aromatic carbocycles. The van der Waals surface area contributed by atoms with Crippen molar-refractivity contribution >= 4 is 11.6 Å². The maximum atomic E-state index is 11.8. The highest BCUT2D eigenvalue weighted by Gasteiger charge is 2.13. The fraction of sp³-hybridized carbons (Fsp3) is 0.500. The van der Waals surface area contributed by atoms with E-state index in [1.54, 1.807) is 25.3 Å². The number of hydrogen-bond acceptors (Lipinski definition) is 4. The van der Waals surface area contributed by atoms with E-state index in [1.165, 1.54) is 0 Å². The van der Waals surface area contributed by atoms with E-state index in [0.717, 1.165) is 6.42 Å². The zero-order valence-corrected chi connectivity index (χ0v) is 11.7. The Morgan fingerprint density at radius 2 is 2.11 bits per heavy atom. The predicted molar refractivity (Wildman–Crippen MR) is 75.7 cm³/mol. The molecule has 0 heterocycles. The molecule has 1 aromatic rings. The maximum Gasteiger partial charge on any atom is 0.241 e. The van der Waals surface area contributed by atoms with E-state index in [1.807, 2.05) is 13.8 Å². The smallest absolute Gasteiger partial charge is 0.241 e. The Morgan fingerprint density at radius 3 is 2.68 bits per heavy atom. The largest absolute Gasteiger partial charge is 0.493 e. The summed E-state index contributed by atoms with van der Waals surface area (Å²) in [5.74, 6) is 1.05. The number of rotatable bonds is 7. The van der Waals surface area contributed by atoms with Gasteiger partial charge >= 0.3 is 0 Å². The third kappa shape index (κ3) is 4.44. The van der Waals surface area contributed by atoms with E-state index >= 15 is 0 Å². The van der Waals surface area contributed by atoms with E-state index in [2.05, 4.69) is 5.32 Å². The van der Waals surface area contributed by atoms with Crippen LogP contribution < -0.4 is 20.5 Å². The SMILES string of the molecule is CCC[C@H](N)C(=O)Nc1ccc(OCC)c(OC)c1. The highest BCUT2D eigenvalue weighted by atomic mass is 16.5. The molecule has 0 unspecified atom stereocenters. The van der Waals surface area contributed by atoms with Crippen LogP contribution in [0.2, 0.25) is 0 Å². The number of hydrogen-bond donors (Lipinski definition) is 2. The molecule has 0 aliphatic carbocycles. The van der Waals surface area contributed by atoms with Crippen molar-refractivity contribution in [3.8, 4) is 11.5 Å². The van der Waals surface area contributed by atoms with E-state index in [-0.39, 0.29) is 5.91 Å². The Kier molecular flexibility index (Phi) is 6.15. The highest BCUT2D eigenvalue weighted by molar-refractivity contribution is 5.94. The molecule has 0 bridgehead atoms. The Balaban J connectivity index is 2.76. The number of benzene rings is 1. The number of amides is 1. The first-order chi connectivity index (χ1) is 9.12. The van der Waals surface area contributed by atoms with Gasteiger partial charge in [-0.2, -0.15) is 0 Å². The van der Waals surface area contributed by atoms with Crippen molar-refractivity contribution in [1.82, 2.24) is 0 Å². The molecule has 5 nitrogen and oxygen atoms in total. The van der Waals surface area contributed by atoms with E-state index < -0.39 is 6.04 Å². The van der Waals surface area contributed by atoms with Gasteiger partial charge in [-0.15, -0.1) is 0 Å². The number of methoxy groups -OCH3 is 1. The Hall–Kier alpha value is -1.75. The molecule has 106 valence electrons. The number of ether oxygens (including phenoxy) is 2. The summed E-state index contributed by atoms with van der Waals surface area (Å²) in [7, 11) is 1.56. The number of nitrogens with one attached hydrogen (secondary N) is 1. The fourth-order valence-corrected chi connectivity index (χ4v) is 1.70. The van der Waals surface area contributed by atoms with Crippen molar-refractivity contribution in [2.75, 3.05) is 19.0 Å². The van der Waals surface area contributed by atoms with Crippen molar-refractivity contribution in [2.24, 2.45) is 5.73 Å². The summed E-state index contributed by atoms with van der Waals surface area (Å²) in [6.45, 7) is 4.45. The summed E-state index contributed by atoms with van der Waals surface area (Å²) in [5.41, 5.74) is 6.41. The van der Waals surface area contributed by atoms with Crippen LogP contribution in [0.5, 0.6) is 11.5 Å². The lowest BCUT2D eigenvalue weighted by Crippen LogP contribution is -2.35. The van der Waals surface area contributed by atoms with Crippen LogP contribution in [0.4, 0.5) is 5.69 Å². The van der Waals surface area contributed by atoms with Crippen molar-refractivity contribution in [3.63, 3.8) is 0 Å². The third-order valence-corrected chi connectivity index (χ3v) is 2.67. The van der Waals surface area contributed by atoms with Crippen molar-refractivity contribution in [1.29, 1.82) is 0 Å². The van der Waals surface area contributed by atoms with Gasteiger partial charge in [0, 0.05) is 11.8 Å². The summed E-state index contributed by atoms with van der Waals surface area (Å²) in [6.07, 6.45) is 1.54. The van der Waals surface area contributed by atoms with Gasteiger partial charge in [0.2, 0.25) is 5.91 Å². The molecule has 5 heteroatoms. The minimum Gasteiger partial charge on any atom is -0.493 e. The lowest BCUT2D eigenvalue weighted by atomic mass is 10.1. The Bertz CT molecular complexity index is 421. The molecule has 0 spiro atoms. The van der Waals surface area contributed by atoms with Gasteiger partial charge in [-0.05, 0) is 25.5 Å². The van der Waals surface area contributed by atoms with Crippen LogP contribution >= 0.6 is 0 Å². The normalized spacial score (nSPS) is 11.8. The second kappa shape index (κ2) is 7.63. The standard InChI is InChI=1S/C14H22N2O3/c1-4-6-11(15)14(17)16-10-7-8-12(19-5-2)13(9-10)18-3/h7-9,11H,4-6,15H2,1-3H3,(H,16,17)/t11-/m0/s1. The molecule has 0 saturated heterocycles. The second-order valence-electron chi connectivity index (χ2n) is 4.18. The summed E-state index contributed by atoms with van der Waals surface area (Å²) < 4.78 is 10.6. The zero-order chi connectivity index (χ0) is 14.3. The second-order valence-corrected chi connectivity index (χ2v) is 4.18. The molecule has 0 radical (unpaired) electrons. The first-order valence-electron chi connectivity index (χ1n) is 6.49. The number of carbonyl (C=O) groups excluding carboxylic acids is 1. The van der Waals surface area contributed by atoms with Crippen molar-refractivity contribution < 1.29 is 14.3 Å². The van der Waals surface area contributed by atoms with Crippen LogP contribution in [0.25, 0.3) is 0 Å². The number of anilines is 1. The molecule has 3 N–H and O–H groups in total. The minimum atomic E-state index is -0.484. The number of carbonyl (C=O) groups is 1. The van der Waals surface area contributed by atoms with Gasteiger partial charge < -0.3 is 20.5 Å². The topological polar surface area (TPSA) is 73.6 Å². The van der Waals surface area contributed by atoms with Gasteiger partial charge in [0.05, 0.1) is 19.8 Å². The predicted octanol–water partition coefficient (Wildman–Crippen LogP) is 2.16. The Labute approximate surface area is 114 Å². The van der Waals surface area contributed by atoms with Crippen molar-refractivity contribution in [2.45, 2.75) is 32.7 Å². The van der Waals surface area contributed by atoms with Crippen LogP contribution in [0, 0.1) is 0 Å². The van der Waals surface area contributed by atoms with Crippen LogP contribution in [0.15, 0.2) is 18.2 Å². The summed E-state index contributed by atoms with van der Waals surface area (Å²) in [6, 6.07) is 4.78. The first-order valence-corrected chi connectivity index (χ1v) is 6.49. The van der Waals surface area contributed by atoms with Gasteiger partial charge in [0.25, 0.3) is 0 Å². The molecule has 1 amide bonds. The van der Waals surface area contributed by atoms with Gasteiger partial charge in [-0.3, -0.25) is 4.79 Å². The molecule has 0 fully saturated rings. The molecule has 19 heavy (non-hydrogen) atoms. The molecule has 0 aliphatic rings. The third-order valence-electron chi connectivity index (χ3n) is 2.67. The first kappa shape index (κ1) is 15.3. The molecule has 0 aromatic heterocycles. The van der Waals surface area contributed by atoms with E-state index in [4.69, 9.17) is 15.2 Å². The molecule has 0 aliphatic heterocycles. The van der Waals surface area contributed by atoms with Crippen LogP contribution in [0.1, 0.15) is 26.7 Å². The fourth-order valence-electron chi connectivity index (χ4n) is 1.70. The van der Waals surface area contributed by atoms with Crippen molar-refractivity contribution in [3.05, 3.63) is 18.2 Å². The lowest BCUT2D eigenvalue weighted by Gasteiger charge is -2.14. The minimum absolute atomic E-state index is 0.187. The average molecular weight is 266 g/mol. The summed E-state index contributed by atoms with van der Waals surface area (Å²) in [5, 5.41) is 2.77. The van der Waals surface area contributed by atoms with E-state index in [9.17, 15) is 4.79 Å². The molecular formula is C14H22N2O3. The van der Waals surface area contributed by atoms with Crippen LogP contribution in [-0.4, -0.2) is 25.7 Å². The molecule has 1 atom stereocenters. The molecular weight excluding hydrogens is 244 g/mol. The number of nitrogens with two attached hydrogens (primary N) is 1. The molecule has 0 saturated carbocycles. The highest BCUT2D eigenvalue weighted by Crippen LogP contribution is 2.30. The van der Waals surface area contributed by atoms with Gasteiger partial charge in [0.1, 0.15) is 0 Å². The monoisotopic (exact) mass is 266 g/mol. The zero-order valence-electron chi connectivity index (χ0n) is 11.7. The summed E-state index contributed by atoms with van der Waals surface area (Å²) in [4.78, 5) is 11.8. The van der Waals surface area contributed by atoms with Crippen LogP contribution in [0.3, 0.4) is 0 Å². The lowest BCUT2D eigenvalue weighted by molar-refractivity contribution is -0.117. The maximum absolute atomic E-state index is 11.8. The van der Waals surface area contributed by atoms with Gasteiger partial charge in [0.15, 0.2) is 11.5 Å².